The first-order valence-electron chi connectivity index (χ1n) is 5.23. The average Bonchev–Trinajstić information content (AvgIpc) is 2.80. The lowest BCUT2D eigenvalue weighted by Gasteiger charge is -2.01. The van der Waals surface area contributed by atoms with Gasteiger partial charge in [0.05, 0.1) is 16.2 Å². The summed E-state index contributed by atoms with van der Waals surface area (Å²) >= 11 is 13.4. The molecule has 2 aromatic heterocycles. The van der Waals surface area contributed by atoms with Gasteiger partial charge in [0.1, 0.15) is 21.0 Å². The van der Waals surface area contributed by atoms with Crippen molar-refractivity contribution in [3.8, 4) is 10.6 Å². The molecule has 0 atom stereocenters. The number of halogens is 3. The first-order chi connectivity index (χ1) is 9.08. The highest BCUT2D eigenvalue weighted by Gasteiger charge is 2.17. The predicted octanol–water partition coefficient (Wildman–Crippen LogP) is 4.39. The smallest absolute Gasteiger partial charge is 0.168 e. The molecule has 0 aliphatic heterocycles. The van der Waals surface area contributed by atoms with Gasteiger partial charge in [0.15, 0.2) is 5.82 Å². The van der Waals surface area contributed by atoms with Crippen molar-refractivity contribution in [1.82, 2.24) is 9.97 Å². The van der Waals surface area contributed by atoms with E-state index in [1.54, 1.807) is 18.2 Å². The van der Waals surface area contributed by atoms with Gasteiger partial charge in [-0.05, 0) is 12.1 Å². The molecule has 0 spiro atoms. The minimum Gasteiger partial charge on any atom is -0.382 e. The van der Waals surface area contributed by atoms with Gasteiger partial charge >= 0.3 is 0 Å². The Morgan fingerprint density at radius 3 is 2.53 bits per heavy atom. The Labute approximate surface area is 121 Å². The summed E-state index contributed by atoms with van der Waals surface area (Å²) in [6.07, 6.45) is 1.05. The normalized spacial score (nSPS) is 11.1. The van der Waals surface area contributed by atoms with Gasteiger partial charge in [-0.2, -0.15) is 0 Å². The molecule has 0 aliphatic rings. The van der Waals surface area contributed by atoms with Crippen molar-refractivity contribution in [2.45, 2.75) is 0 Å². The van der Waals surface area contributed by atoms with E-state index in [1.165, 1.54) is 11.3 Å². The summed E-state index contributed by atoms with van der Waals surface area (Å²) in [7, 11) is 0. The molecular formula is C12H6Cl2FN3S. The van der Waals surface area contributed by atoms with E-state index in [1.807, 2.05) is 0 Å². The third kappa shape index (κ3) is 2.04. The lowest BCUT2D eigenvalue weighted by atomic mass is 10.2. The second-order valence-corrected chi connectivity index (χ2v) is 5.60. The van der Waals surface area contributed by atoms with Gasteiger partial charge in [0, 0.05) is 5.56 Å². The number of anilines is 1. The topological polar surface area (TPSA) is 51.8 Å². The third-order valence-electron chi connectivity index (χ3n) is 2.58. The van der Waals surface area contributed by atoms with Gasteiger partial charge < -0.3 is 5.73 Å². The van der Waals surface area contributed by atoms with E-state index in [9.17, 15) is 4.39 Å². The molecule has 3 rings (SSSR count). The van der Waals surface area contributed by atoms with Crippen LogP contribution in [0.1, 0.15) is 0 Å². The summed E-state index contributed by atoms with van der Waals surface area (Å²) in [5.74, 6) is -0.279. The first-order valence-corrected chi connectivity index (χ1v) is 6.80. The number of fused-ring (bicyclic) bond motifs is 1. The molecule has 0 bridgehead atoms. The number of rotatable bonds is 1. The minimum atomic E-state index is -0.519. The van der Waals surface area contributed by atoms with Gasteiger partial charge in [-0.25, -0.2) is 14.4 Å². The Bertz CT molecular complexity index is 729. The van der Waals surface area contributed by atoms with Crippen LogP contribution in [0.15, 0.2) is 24.4 Å². The molecule has 0 fully saturated rings. The maximum Gasteiger partial charge on any atom is 0.168 e. The molecule has 2 heterocycles. The van der Waals surface area contributed by atoms with Crippen LogP contribution in [0.2, 0.25) is 10.0 Å². The molecule has 0 aliphatic carbocycles. The van der Waals surface area contributed by atoms with E-state index < -0.39 is 5.82 Å². The van der Waals surface area contributed by atoms with Gasteiger partial charge in [-0.1, -0.05) is 29.3 Å². The zero-order valence-corrected chi connectivity index (χ0v) is 11.7. The van der Waals surface area contributed by atoms with Crippen molar-refractivity contribution in [1.29, 1.82) is 0 Å². The maximum absolute atomic E-state index is 13.7. The average molecular weight is 314 g/mol. The monoisotopic (exact) mass is 313 g/mol. The van der Waals surface area contributed by atoms with E-state index in [0.29, 0.717) is 25.3 Å². The highest BCUT2D eigenvalue weighted by atomic mass is 35.5. The fourth-order valence-electron chi connectivity index (χ4n) is 1.71. The Hall–Kier alpha value is -1.43. The molecule has 0 saturated carbocycles. The summed E-state index contributed by atoms with van der Waals surface area (Å²) in [5, 5.41) is 1.43. The van der Waals surface area contributed by atoms with Gasteiger partial charge in [0.25, 0.3) is 0 Å². The molecule has 19 heavy (non-hydrogen) atoms. The van der Waals surface area contributed by atoms with Crippen molar-refractivity contribution in [2.75, 3.05) is 5.73 Å². The van der Waals surface area contributed by atoms with Crippen LogP contribution >= 0.6 is 34.5 Å². The van der Waals surface area contributed by atoms with E-state index >= 15 is 0 Å². The Balaban J connectivity index is 2.33. The van der Waals surface area contributed by atoms with Crippen molar-refractivity contribution in [2.24, 2.45) is 0 Å². The van der Waals surface area contributed by atoms with Crippen molar-refractivity contribution >= 4 is 50.6 Å². The SMILES string of the molecule is Nc1ncc(F)c2nc(-c3c(Cl)cccc3Cl)sc12. The second-order valence-electron chi connectivity index (χ2n) is 3.78. The van der Waals surface area contributed by atoms with E-state index in [-0.39, 0.29) is 11.3 Å². The highest BCUT2D eigenvalue weighted by Crippen LogP contribution is 2.40. The second kappa shape index (κ2) is 4.59. The number of benzene rings is 1. The molecule has 2 N–H and O–H groups in total. The standard InChI is InChI=1S/C12H6Cl2FN3S/c13-5-2-1-3-6(14)8(5)12-18-9-7(15)4-17-11(16)10(9)19-12/h1-4H,(H2,16,17). The Kier molecular flexibility index (Phi) is 3.05. The lowest BCUT2D eigenvalue weighted by molar-refractivity contribution is 0.632. The molecule has 1 aromatic carbocycles. The van der Waals surface area contributed by atoms with Crippen LogP contribution in [0.3, 0.4) is 0 Å². The van der Waals surface area contributed by atoms with Crippen molar-refractivity contribution < 1.29 is 4.39 Å². The summed E-state index contributed by atoms with van der Waals surface area (Å²) in [6.45, 7) is 0. The molecule has 3 nitrogen and oxygen atoms in total. The van der Waals surface area contributed by atoms with E-state index in [0.717, 1.165) is 6.20 Å². The fourth-order valence-corrected chi connectivity index (χ4v) is 3.45. The number of thiazole rings is 1. The van der Waals surface area contributed by atoms with Crippen LogP contribution in [-0.2, 0) is 0 Å². The van der Waals surface area contributed by atoms with Gasteiger partial charge in [0.2, 0.25) is 0 Å². The van der Waals surface area contributed by atoms with Crippen molar-refractivity contribution in [3.05, 3.63) is 40.3 Å². The molecule has 0 unspecified atom stereocenters. The van der Waals surface area contributed by atoms with Crippen LogP contribution < -0.4 is 5.73 Å². The molecular weight excluding hydrogens is 308 g/mol. The van der Waals surface area contributed by atoms with Crippen LogP contribution in [0.5, 0.6) is 0 Å². The summed E-state index contributed by atoms with van der Waals surface area (Å²) in [5.41, 5.74) is 6.48. The molecule has 0 saturated heterocycles. The molecule has 3 aromatic rings. The number of nitrogens with two attached hydrogens (primary N) is 1. The highest BCUT2D eigenvalue weighted by molar-refractivity contribution is 7.22. The zero-order chi connectivity index (χ0) is 13.6. The first kappa shape index (κ1) is 12.6. The number of hydrogen-bond acceptors (Lipinski definition) is 4. The van der Waals surface area contributed by atoms with Gasteiger partial charge in [-0.15, -0.1) is 11.3 Å². The largest absolute Gasteiger partial charge is 0.382 e. The zero-order valence-electron chi connectivity index (χ0n) is 9.32. The quantitative estimate of drug-likeness (QED) is 0.725. The summed E-state index contributed by atoms with van der Waals surface area (Å²) in [6, 6.07) is 5.14. The Morgan fingerprint density at radius 1 is 1.21 bits per heavy atom. The molecule has 0 radical (unpaired) electrons. The predicted molar refractivity (Wildman–Crippen MR) is 77.2 cm³/mol. The van der Waals surface area contributed by atoms with Crippen LogP contribution in [0.25, 0.3) is 20.8 Å². The number of nitrogens with zero attached hydrogens (tertiary/aromatic N) is 2. The number of hydrogen-bond donors (Lipinski definition) is 1. The molecule has 0 amide bonds. The number of pyridine rings is 1. The molecule has 96 valence electrons. The van der Waals surface area contributed by atoms with Crippen LogP contribution in [0, 0.1) is 5.82 Å². The summed E-state index contributed by atoms with van der Waals surface area (Å²) in [4.78, 5) is 7.99. The number of aromatic nitrogens is 2. The van der Waals surface area contributed by atoms with Crippen LogP contribution in [0.4, 0.5) is 10.2 Å². The fraction of sp³-hybridized carbons (Fsp3) is 0. The minimum absolute atomic E-state index is 0.184. The lowest BCUT2D eigenvalue weighted by Crippen LogP contribution is -1.91. The molecule has 7 heteroatoms. The van der Waals surface area contributed by atoms with E-state index in [2.05, 4.69) is 9.97 Å². The van der Waals surface area contributed by atoms with Crippen molar-refractivity contribution in [3.63, 3.8) is 0 Å². The third-order valence-corrected chi connectivity index (χ3v) is 4.30. The van der Waals surface area contributed by atoms with Gasteiger partial charge in [-0.3, -0.25) is 0 Å². The van der Waals surface area contributed by atoms with E-state index in [4.69, 9.17) is 28.9 Å². The maximum atomic E-state index is 13.7. The number of nitrogen functional groups attached to an aromatic ring is 1. The Morgan fingerprint density at radius 2 is 1.89 bits per heavy atom. The van der Waals surface area contributed by atoms with Crippen LogP contribution in [-0.4, -0.2) is 9.97 Å². The summed E-state index contributed by atoms with van der Waals surface area (Å²) < 4.78 is 14.1.